The molecule has 0 fully saturated rings. The van der Waals surface area contributed by atoms with Gasteiger partial charge in [-0.15, -0.1) is 11.3 Å². The van der Waals surface area contributed by atoms with Gasteiger partial charge in [-0.05, 0) is 6.92 Å². The highest BCUT2D eigenvalue weighted by molar-refractivity contribution is 7.09. The van der Waals surface area contributed by atoms with Gasteiger partial charge in [-0.25, -0.2) is 9.78 Å². The van der Waals surface area contributed by atoms with Crippen LogP contribution in [0, 0.1) is 0 Å². The molecule has 1 aromatic rings. The molecule has 6 nitrogen and oxygen atoms in total. The van der Waals surface area contributed by atoms with Crippen molar-refractivity contribution in [3.63, 3.8) is 0 Å². The molecule has 1 atom stereocenters. The Morgan fingerprint density at radius 3 is 2.93 bits per heavy atom. The number of imide groups is 1. The van der Waals surface area contributed by atoms with Gasteiger partial charge in [0.25, 0.3) is 0 Å². The number of rotatable bonds is 4. The van der Waals surface area contributed by atoms with Gasteiger partial charge in [0.05, 0.1) is 12.6 Å². The number of nitrogens with zero attached hydrogens (tertiary/aromatic N) is 1. The topological polar surface area (TPSA) is 97.1 Å². The molecule has 1 heterocycles. The Balaban J connectivity index is 2.31. The molecule has 7 heteroatoms. The van der Waals surface area contributed by atoms with Crippen molar-refractivity contribution in [2.24, 2.45) is 5.73 Å². The van der Waals surface area contributed by atoms with Crippen molar-refractivity contribution >= 4 is 23.3 Å². The SMILES string of the molecule is CC(NCC(=O)NC(N)=O)c1nccs1. The smallest absolute Gasteiger partial charge is 0.318 e. The van der Waals surface area contributed by atoms with E-state index in [-0.39, 0.29) is 12.6 Å². The average Bonchev–Trinajstić information content (AvgIpc) is 2.65. The van der Waals surface area contributed by atoms with Crippen LogP contribution in [-0.2, 0) is 4.79 Å². The first-order valence-electron chi connectivity index (χ1n) is 4.31. The summed E-state index contributed by atoms with van der Waals surface area (Å²) in [5.74, 6) is -0.453. The molecule has 0 saturated heterocycles. The molecule has 1 unspecified atom stereocenters. The van der Waals surface area contributed by atoms with Crippen LogP contribution < -0.4 is 16.4 Å². The highest BCUT2D eigenvalue weighted by Gasteiger charge is 2.10. The van der Waals surface area contributed by atoms with Gasteiger partial charge in [0.1, 0.15) is 5.01 Å². The first-order valence-corrected chi connectivity index (χ1v) is 5.19. The number of carbonyl (C=O) groups is 2. The lowest BCUT2D eigenvalue weighted by atomic mass is 10.3. The average molecular weight is 228 g/mol. The van der Waals surface area contributed by atoms with Crippen LogP contribution in [0.25, 0.3) is 0 Å². The molecule has 0 aliphatic heterocycles. The lowest BCUT2D eigenvalue weighted by molar-refractivity contribution is -0.119. The number of nitrogens with two attached hydrogens (primary N) is 1. The maximum Gasteiger partial charge on any atom is 0.318 e. The summed E-state index contributed by atoms with van der Waals surface area (Å²) in [5.41, 5.74) is 4.79. The monoisotopic (exact) mass is 228 g/mol. The summed E-state index contributed by atoms with van der Waals surface area (Å²) < 4.78 is 0. The Morgan fingerprint density at radius 2 is 2.40 bits per heavy atom. The van der Waals surface area contributed by atoms with E-state index in [0.29, 0.717) is 0 Å². The molecule has 15 heavy (non-hydrogen) atoms. The highest BCUT2D eigenvalue weighted by Crippen LogP contribution is 2.13. The van der Waals surface area contributed by atoms with Gasteiger partial charge in [-0.2, -0.15) is 0 Å². The standard InChI is InChI=1S/C8H12N4O2S/c1-5(7-10-2-3-15-7)11-4-6(13)12-8(9)14/h2-3,5,11H,4H2,1H3,(H3,9,12,13,14). The molecule has 0 radical (unpaired) electrons. The third-order valence-corrected chi connectivity index (χ3v) is 2.61. The van der Waals surface area contributed by atoms with Crippen LogP contribution in [0.4, 0.5) is 4.79 Å². The van der Waals surface area contributed by atoms with Crippen molar-refractivity contribution in [3.8, 4) is 0 Å². The molecule has 0 saturated carbocycles. The van der Waals surface area contributed by atoms with Gasteiger partial charge in [0, 0.05) is 11.6 Å². The van der Waals surface area contributed by atoms with E-state index < -0.39 is 11.9 Å². The third-order valence-electron chi connectivity index (χ3n) is 1.65. The second-order valence-corrected chi connectivity index (χ2v) is 3.81. The second-order valence-electron chi connectivity index (χ2n) is 2.89. The van der Waals surface area contributed by atoms with E-state index >= 15 is 0 Å². The van der Waals surface area contributed by atoms with E-state index in [0.717, 1.165) is 5.01 Å². The minimum Gasteiger partial charge on any atom is -0.351 e. The molecular formula is C8H12N4O2S. The van der Waals surface area contributed by atoms with Crippen LogP contribution in [-0.4, -0.2) is 23.5 Å². The number of aromatic nitrogens is 1. The van der Waals surface area contributed by atoms with Gasteiger partial charge in [-0.3, -0.25) is 15.4 Å². The first kappa shape index (κ1) is 11.6. The number of carbonyl (C=O) groups excluding carboxylic acids is 2. The number of thiazole rings is 1. The molecule has 0 bridgehead atoms. The number of urea groups is 1. The van der Waals surface area contributed by atoms with E-state index in [1.165, 1.54) is 11.3 Å². The van der Waals surface area contributed by atoms with E-state index in [4.69, 9.17) is 5.73 Å². The van der Waals surface area contributed by atoms with Gasteiger partial charge in [-0.1, -0.05) is 0 Å². The number of amides is 3. The van der Waals surface area contributed by atoms with E-state index in [1.807, 2.05) is 17.6 Å². The summed E-state index contributed by atoms with van der Waals surface area (Å²) in [5, 5.41) is 7.63. The zero-order valence-corrected chi connectivity index (χ0v) is 9.00. The van der Waals surface area contributed by atoms with Crippen LogP contribution >= 0.6 is 11.3 Å². The number of primary amides is 1. The van der Waals surface area contributed by atoms with E-state index in [2.05, 4.69) is 10.3 Å². The predicted octanol–water partition coefficient (Wildman–Crippen LogP) is -0.0114. The lowest BCUT2D eigenvalue weighted by Gasteiger charge is -2.09. The lowest BCUT2D eigenvalue weighted by Crippen LogP contribution is -2.41. The van der Waals surface area contributed by atoms with Gasteiger partial charge in [0.2, 0.25) is 5.91 Å². The van der Waals surface area contributed by atoms with Crippen LogP contribution in [0.2, 0.25) is 0 Å². The maximum absolute atomic E-state index is 11.0. The van der Waals surface area contributed by atoms with Crippen LogP contribution in [0.5, 0.6) is 0 Å². The molecule has 1 aromatic heterocycles. The second kappa shape index (κ2) is 5.42. The molecule has 0 spiro atoms. The summed E-state index contributed by atoms with van der Waals surface area (Å²) in [7, 11) is 0. The molecule has 4 N–H and O–H groups in total. The van der Waals surface area contributed by atoms with Crippen LogP contribution in [0.1, 0.15) is 18.0 Å². The summed E-state index contributed by atoms with van der Waals surface area (Å²) >= 11 is 1.50. The molecule has 3 amide bonds. The molecule has 0 aliphatic carbocycles. The predicted molar refractivity (Wildman–Crippen MR) is 56.3 cm³/mol. The van der Waals surface area contributed by atoms with Crippen molar-refractivity contribution in [2.75, 3.05) is 6.54 Å². The number of hydrogen-bond acceptors (Lipinski definition) is 5. The zero-order chi connectivity index (χ0) is 11.3. The van der Waals surface area contributed by atoms with Gasteiger partial charge in [0.15, 0.2) is 0 Å². The van der Waals surface area contributed by atoms with Crippen LogP contribution in [0.3, 0.4) is 0 Å². The molecule has 1 rings (SSSR count). The fourth-order valence-corrected chi connectivity index (χ4v) is 1.63. The van der Waals surface area contributed by atoms with Gasteiger partial charge >= 0.3 is 6.03 Å². The van der Waals surface area contributed by atoms with Crippen molar-refractivity contribution in [1.29, 1.82) is 0 Å². The third kappa shape index (κ3) is 4.05. The molecule has 0 aliphatic rings. The Morgan fingerprint density at radius 1 is 1.67 bits per heavy atom. The normalized spacial score (nSPS) is 12.1. The van der Waals surface area contributed by atoms with Crippen molar-refractivity contribution < 1.29 is 9.59 Å². The van der Waals surface area contributed by atoms with Crippen molar-refractivity contribution in [2.45, 2.75) is 13.0 Å². The van der Waals surface area contributed by atoms with Gasteiger partial charge < -0.3 is 5.73 Å². The summed E-state index contributed by atoms with van der Waals surface area (Å²) in [4.78, 5) is 25.5. The zero-order valence-electron chi connectivity index (χ0n) is 8.19. The largest absolute Gasteiger partial charge is 0.351 e. The Hall–Kier alpha value is -1.47. The highest BCUT2D eigenvalue weighted by atomic mass is 32.1. The number of nitrogens with one attached hydrogen (secondary N) is 2. The van der Waals surface area contributed by atoms with E-state index in [9.17, 15) is 9.59 Å². The Bertz CT molecular complexity index is 338. The summed E-state index contributed by atoms with van der Waals surface area (Å²) in [6, 6.07) is -0.868. The fourth-order valence-electron chi connectivity index (χ4n) is 0.963. The molecular weight excluding hydrogens is 216 g/mol. The van der Waals surface area contributed by atoms with Crippen molar-refractivity contribution in [1.82, 2.24) is 15.6 Å². The molecule has 0 aromatic carbocycles. The minimum absolute atomic E-state index is 0.0244. The first-order chi connectivity index (χ1) is 7.09. The summed E-state index contributed by atoms with van der Waals surface area (Å²) in [6.07, 6.45) is 1.70. The quantitative estimate of drug-likeness (QED) is 0.675. The fraction of sp³-hybridized carbons (Fsp3) is 0.375. The Labute approximate surface area is 90.9 Å². The van der Waals surface area contributed by atoms with E-state index in [1.54, 1.807) is 6.20 Å². The summed E-state index contributed by atoms with van der Waals surface area (Å²) in [6.45, 7) is 1.92. The molecule has 82 valence electrons. The number of hydrogen-bond donors (Lipinski definition) is 3. The maximum atomic E-state index is 11.0. The van der Waals surface area contributed by atoms with Crippen molar-refractivity contribution in [3.05, 3.63) is 16.6 Å². The Kier molecular flexibility index (Phi) is 4.19. The van der Waals surface area contributed by atoms with Crippen LogP contribution in [0.15, 0.2) is 11.6 Å². The minimum atomic E-state index is -0.844.